The molecule has 2 aliphatic rings. The van der Waals surface area contributed by atoms with E-state index in [-0.39, 0.29) is 6.10 Å². The van der Waals surface area contributed by atoms with E-state index in [4.69, 9.17) is 10.5 Å². The Hall–Kier alpha value is -2.33. The summed E-state index contributed by atoms with van der Waals surface area (Å²) in [6.45, 7) is 1.03. The zero-order valence-electron chi connectivity index (χ0n) is 14.3. The van der Waals surface area contributed by atoms with Gasteiger partial charge in [0.15, 0.2) is 0 Å². The van der Waals surface area contributed by atoms with Crippen molar-refractivity contribution in [2.24, 2.45) is 5.73 Å². The first-order chi connectivity index (χ1) is 12.2. The van der Waals surface area contributed by atoms with Crippen molar-refractivity contribution in [3.05, 3.63) is 65.7 Å². The summed E-state index contributed by atoms with van der Waals surface area (Å²) in [7, 11) is 0. The number of amides is 1. The molecule has 2 saturated heterocycles. The lowest BCUT2D eigenvalue weighted by Crippen LogP contribution is -2.45. The van der Waals surface area contributed by atoms with Crippen molar-refractivity contribution in [1.29, 1.82) is 0 Å². The number of carbonyl (C=O) groups excluding carboxylic acids is 1. The molecule has 1 amide bonds. The fourth-order valence-corrected chi connectivity index (χ4v) is 4.29. The van der Waals surface area contributed by atoms with E-state index in [1.807, 2.05) is 12.1 Å². The number of nitrogens with zero attached hydrogens (tertiary/aromatic N) is 1. The van der Waals surface area contributed by atoms with Gasteiger partial charge in [0, 0.05) is 24.2 Å². The van der Waals surface area contributed by atoms with Crippen LogP contribution >= 0.6 is 0 Å². The number of nitrogens with two attached hydrogens (primary N) is 1. The van der Waals surface area contributed by atoms with Crippen LogP contribution in [0.3, 0.4) is 0 Å². The van der Waals surface area contributed by atoms with Gasteiger partial charge in [-0.15, -0.1) is 0 Å². The summed E-state index contributed by atoms with van der Waals surface area (Å²) < 4.78 is 6.19. The molecule has 0 aromatic heterocycles. The molecule has 2 aromatic carbocycles. The molecule has 0 saturated carbocycles. The first-order valence-electron chi connectivity index (χ1n) is 9.05. The normalized spacial score (nSPS) is 25.7. The molecule has 25 heavy (non-hydrogen) atoms. The van der Waals surface area contributed by atoms with Crippen LogP contribution in [-0.4, -0.2) is 29.0 Å². The third-order valence-electron chi connectivity index (χ3n) is 5.47. The Kier molecular flexibility index (Phi) is 4.45. The molecule has 3 atom stereocenters. The molecule has 0 aliphatic carbocycles. The number of rotatable bonds is 5. The Morgan fingerprint density at radius 1 is 1.04 bits per heavy atom. The van der Waals surface area contributed by atoms with Crippen LogP contribution in [0, 0.1) is 0 Å². The maximum Gasteiger partial charge on any atom is 0.248 e. The van der Waals surface area contributed by atoms with Crippen LogP contribution in [0.2, 0.25) is 0 Å². The first kappa shape index (κ1) is 16.2. The topological polar surface area (TPSA) is 55.6 Å². The molecule has 2 heterocycles. The highest BCUT2D eigenvalue weighted by molar-refractivity contribution is 5.93. The van der Waals surface area contributed by atoms with Gasteiger partial charge in [0.2, 0.25) is 5.91 Å². The second kappa shape index (κ2) is 6.89. The zero-order valence-corrected chi connectivity index (χ0v) is 14.3. The van der Waals surface area contributed by atoms with Crippen LogP contribution in [0.4, 0.5) is 0 Å². The van der Waals surface area contributed by atoms with Gasteiger partial charge in [-0.3, -0.25) is 9.69 Å². The quantitative estimate of drug-likeness (QED) is 0.911. The fraction of sp³-hybridized carbons (Fsp3) is 0.381. The van der Waals surface area contributed by atoms with Gasteiger partial charge in [-0.25, -0.2) is 0 Å². The smallest absolute Gasteiger partial charge is 0.248 e. The first-order valence-corrected chi connectivity index (χ1v) is 9.05. The van der Waals surface area contributed by atoms with E-state index in [0.29, 0.717) is 17.6 Å². The minimum atomic E-state index is -0.414. The number of fused-ring (bicyclic) bond motifs is 2. The molecule has 2 aromatic rings. The second-order valence-electron chi connectivity index (χ2n) is 7.15. The fourth-order valence-electron chi connectivity index (χ4n) is 4.29. The maximum atomic E-state index is 11.3. The molecular formula is C21H24N2O2. The van der Waals surface area contributed by atoms with Crippen molar-refractivity contribution in [3.63, 3.8) is 0 Å². The largest absolute Gasteiger partial charge is 0.490 e. The van der Waals surface area contributed by atoms with Gasteiger partial charge in [-0.05, 0) is 49.4 Å². The van der Waals surface area contributed by atoms with Crippen molar-refractivity contribution in [1.82, 2.24) is 4.90 Å². The highest BCUT2D eigenvalue weighted by Crippen LogP contribution is 2.38. The lowest BCUT2D eigenvalue weighted by molar-refractivity contribution is 0.0445. The molecule has 0 spiro atoms. The predicted octanol–water partition coefficient (Wildman–Crippen LogP) is 3.36. The van der Waals surface area contributed by atoms with Crippen LogP contribution in [0.1, 0.15) is 41.6 Å². The minimum absolute atomic E-state index is 0.215. The van der Waals surface area contributed by atoms with E-state index >= 15 is 0 Å². The van der Waals surface area contributed by atoms with Crippen LogP contribution in [0.25, 0.3) is 0 Å². The average Bonchev–Trinajstić information content (AvgIpc) is 2.85. The minimum Gasteiger partial charge on any atom is -0.490 e. The number of primary amides is 1. The number of piperidine rings is 1. The summed E-state index contributed by atoms with van der Waals surface area (Å²) in [6.07, 6.45) is 4.80. The SMILES string of the molecule is NC(=O)c1cccc(OC2C[C@H]3CC[C@@H](C2)N3Cc2ccccc2)c1. The van der Waals surface area contributed by atoms with E-state index in [0.717, 1.165) is 25.1 Å². The van der Waals surface area contributed by atoms with E-state index < -0.39 is 5.91 Å². The molecule has 4 heteroatoms. The molecule has 2 N–H and O–H groups in total. The zero-order chi connectivity index (χ0) is 17.2. The average molecular weight is 336 g/mol. The van der Waals surface area contributed by atoms with Crippen molar-refractivity contribution < 1.29 is 9.53 Å². The number of benzene rings is 2. The maximum absolute atomic E-state index is 11.3. The molecule has 1 unspecified atom stereocenters. The van der Waals surface area contributed by atoms with Gasteiger partial charge in [0.05, 0.1) is 0 Å². The Balaban J connectivity index is 1.41. The Morgan fingerprint density at radius 2 is 1.76 bits per heavy atom. The van der Waals surface area contributed by atoms with Crippen LogP contribution in [0.15, 0.2) is 54.6 Å². The van der Waals surface area contributed by atoms with Crippen LogP contribution in [-0.2, 0) is 6.54 Å². The standard InChI is InChI=1S/C21H24N2O2/c22-21(24)16-7-4-8-19(11-16)25-20-12-17-9-10-18(13-20)23(17)14-15-5-2-1-3-6-15/h1-8,11,17-18,20H,9-10,12-14H2,(H2,22,24)/t17-,18+,20?. The van der Waals surface area contributed by atoms with E-state index in [9.17, 15) is 4.79 Å². The summed E-state index contributed by atoms with van der Waals surface area (Å²) in [5, 5.41) is 0. The lowest BCUT2D eigenvalue weighted by atomic mass is 9.98. The van der Waals surface area contributed by atoms with Crippen LogP contribution in [0.5, 0.6) is 5.75 Å². The van der Waals surface area contributed by atoms with Crippen molar-refractivity contribution >= 4 is 5.91 Å². The van der Waals surface area contributed by atoms with Gasteiger partial charge >= 0.3 is 0 Å². The Labute approximate surface area is 148 Å². The number of ether oxygens (including phenoxy) is 1. The number of hydrogen-bond donors (Lipinski definition) is 1. The molecule has 130 valence electrons. The third kappa shape index (κ3) is 3.54. The summed E-state index contributed by atoms with van der Waals surface area (Å²) >= 11 is 0. The van der Waals surface area contributed by atoms with Crippen LogP contribution < -0.4 is 10.5 Å². The summed E-state index contributed by atoms with van der Waals surface area (Å²) in [5.41, 5.74) is 7.24. The van der Waals surface area contributed by atoms with Gasteiger partial charge < -0.3 is 10.5 Å². The highest BCUT2D eigenvalue weighted by Gasteiger charge is 2.41. The number of hydrogen-bond acceptors (Lipinski definition) is 3. The second-order valence-corrected chi connectivity index (χ2v) is 7.15. The summed E-state index contributed by atoms with van der Waals surface area (Å²) in [6, 6.07) is 19.1. The molecular weight excluding hydrogens is 312 g/mol. The highest BCUT2D eigenvalue weighted by atomic mass is 16.5. The molecule has 2 fully saturated rings. The van der Waals surface area contributed by atoms with Crippen molar-refractivity contribution in [3.8, 4) is 5.75 Å². The van der Waals surface area contributed by atoms with Crippen molar-refractivity contribution in [2.45, 2.75) is 50.4 Å². The van der Waals surface area contributed by atoms with Gasteiger partial charge in [-0.2, -0.15) is 0 Å². The molecule has 4 rings (SSSR count). The lowest BCUT2D eigenvalue weighted by Gasteiger charge is -2.39. The van der Waals surface area contributed by atoms with Gasteiger partial charge in [0.25, 0.3) is 0 Å². The molecule has 2 bridgehead atoms. The molecule has 0 radical (unpaired) electrons. The Morgan fingerprint density at radius 3 is 2.44 bits per heavy atom. The predicted molar refractivity (Wildman–Crippen MR) is 97.4 cm³/mol. The molecule has 4 nitrogen and oxygen atoms in total. The summed E-state index contributed by atoms with van der Waals surface area (Å²) in [5.74, 6) is 0.334. The summed E-state index contributed by atoms with van der Waals surface area (Å²) in [4.78, 5) is 14.0. The monoisotopic (exact) mass is 336 g/mol. The number of carbonyl (C=O) groups is 1. The Bertz CT molecular complexity index is 733. The molecule has 2 aliphatic heterocycles. The van der Waals surface area contributed by atoms with E-state index in [2.05, 4.69) is 35.2 Å². The van der Waals surface area contributed by atoms with E-state index in [1.54, 1.807) is 12.1 Å². The van der Waals surface area contributed by atoms with Gasteiger partial charge in [0.1, 0.15) is 11.9 Å². The van der Waals surface area contributed by atoms with E-state index in [1.165, 1.54) is 18.4 Å². The van der Waals surface area contributed by atoms with Gasteiger partial charge in [-0.1, -0.05) is 36.4 Å². The third-order valence-corrected chi connectivity index (χ3v) is 5.47. The van der Waals surface area contributed by atoms with Crippen molar-refractivity contribution in [2.75, 3.05) is 0 Å².